The minimum atomic E-state index is -0.172. The summed E-state index contributed by atoms with van der Waals surface area (Å²) in [5, 5.41) is 3.24. The van der Waals surface area contributed by atoms with E-state index in [1.54, 1.807) is 12.1 Å². The molecule has 0 bridgehead atoms. The van der Waals surface area contributed by atoms with Crippen LogP contribution in [-0.2, 0) is 6.54 Å². The Hall–Kier alpha value is -1.84. The number of hydrogen-bond acceptors (Lipinski definition) is 2. The second-order valence-corrected chi connectivity index (χ2v) is 5.04. The third-order valence-corrected chi connectivity index (χ3v) is 3.78. The molecule has 4 heteroatoms. The maximum absolute atomic E-state index is 13.6. The highest BCUT2D eigenvalue weighted by Crippen LogP contribution is 2.31. The van der Waals surface area contributed by atoms with Gasteiger partial charge in [0.1, 0.15) is 5.82 Å². The first-order valence-corrected chi connectivity index (χ1v) is 6.85. The number of aromatic nitrogens is 2. The van der Waals surface area contributed by atoms with Crippen molar-refractivity contribution in [2.24, 2.45) is 0 Å². The Morgan fingerprint density at radius 1 is 1.26 bits per heavy atom. The van der Waals surface area contributed by atoms with Gasteiger partial charge in [-0.05, 0) is 18.9 Å². The van der Waals surface area contributed by atoms with E-state index in [4.69, 9.17) is 0 Å². The van der Waals surface area contributed by atoms with E-state index in [1.807, 2.05) is 18.5 Å². The van der Waals surface area contributed by atoms with Crippen LogP contribution in [0.3, 0.4) is 0 Å². The van der Waals surface area contributed by atoms with Crippen molar-refractivity contribution >= 4 is 5.95 Å². The molecule has 1 fully saturated rings. The summed E-state index contributed by atoms with van der Waals surface area (Å²) in [6, 6.07) is 7.39. The highest BCUT2D eigenvalue weighted by molar-refractivity contribution is 5.30. The zero-order valence-electron chi connectivity index (χ0n) is 10.8. The number of imidazole rings is 1. The SMILES string of the molecule is Fc1ccccc1CNc1nccn1C1CCCC1. The minimum absolute atomic E-state index is 0.172. The van der Waals surface area contributed by atoms with Gasteiger partial charge in [-0.2, -0.15) is 0 Å². The predicted octanol–water partition coefficient (Wildman–Crippen LogP) is 3.75. The molecule has 0 amide bonds. The molecule has 1 aromatic carbocycles. The standard InChI is InChI=1S/C15H18FN3/c16-14-8-4-1-5-12(14)11-18-15-17-9-10-19(15)13-6-2-3-7-13/h1,4-5,8-10,13H,2-3,6-7,11H2,(H,17,18). The average molecular weight is 259 g/mol. The second kappa shape index (κ2) is 5.43. The molecule has 100 valence electrons. The summed E-state index contributed by atoms with van der Waals surface area (Å²) >= 11 is 0. The molecule has 1 saturated carbocycles. The van der Waals surface area contributed by atoms with Gasteiger partial charge in [-0.15, -0.1) is 0 Å². The van der Waals surface area contributed by atoms with Crippen molar-refractivity contribution in [1.29, 1.82) is 0 Å². The van der Waals surface area contributed by atoms with Crippen molar-refractivity contribution in [3.63, 3.8) is 0 Å². The zero-order chi connectivity index (χ0) is 13.1. The van der Waals surface area contributed by atoms with Crippen molar-refractivity contribution in [3.8, 4) is 0 Å². The fourth-order valence-corrected chi connectivity index (χ4v) is 2.74. The topological polar surface area (TPSA) is 29.9 Å². The van der Waals surface area contributed by atoms with Gasteiger partial charge in [-0.3, -0.25) is 0 Å². The lowest BCUT2D eigenvalue weighted by atomic mass is 10.2. The fourth-order valence-electron chi connectivity index (χ4n) is 2.74. The quantitative estimate of drug-likeness (QED) is 0.906. The number of anilines is 1. The summed E-state index contributed by atoms with van der Waals surface area (Å²) in [5.41, 5.74) is 0.670. The molecule has 1 aliphatic rings. The number of rotatable bonds is 4. The molecular weight excluding hydrogens is 241 g/mol. The third kappa shape index (κ3) is 2.62. The van der Waals surface area contributed by atoms with Crippen LogP contribution in [0.1, 0.15) is 37.3 Å². The Morgan fingerprint density at radius 2 is 2.05 bits per heavy atom. The van der Waals surface area contributed by atoms with Gasteiger partial charge in [0.05, 0.1) is 0 Å². The number of halogens is 1. The Balaban J connectivity index is 1.70. The molecule has 0 unspecified atom stereocenters. The molecule has 0 atom stereocenters. The van der Waals surface area contributed by atoms with E-state index in [-0.39, 0.29) is 5.82 Å². The maximum Gasteiger partial charge on any atom is 0.203 e. The molecule has 19 heavy (non-hydrogen) atoms. The van der Waals surface area contributed by atoms with E-state index in [1.165, 1.54) is 31.7 Å². The van der Waals surface area contributed by atoms with Crippen LogP contribution in [0.2, 0.25) is 0 Å². The first-order chi connectivity index (χ1) is 9.34. The Kier molecular flexibility index (Phi) is 3.49. The van der Waals surface area contributed by atoms with E-state index < -0.39 is 0 Å². The first kappa shape index (κ1) is 12.2. The summed E-state index contributed by atoms with van der Waals surface area (Å²) < 4.78 is 15.7. The third-order valence-electron chi connectivity index (χ3n) is 3.78. The van der Waals surface area contributed by atoms with Crippen molar-refractivity contribution in [2.75, 3.05) is 5.32 Å². The predicted molar refractivity (Wildman–Crippen MR) is 73.5 cm³/mol. The molecule has 0 saturated heterocycles. The van der Waals surface area contributed by atoms with Crippen molar-refractivity contribution in [3.05, 3.63) is 48.0 Å². The van der Waals surface area contributed by atoms with Gasteiger partial charge < -0.3 is 9.88 Å². The van der Waals surface area contributed by atoms with Crippen molar-refractivity contribution < 1.29 is 4.39 Å². The zero-order valence-corrected chi connectivity index (χ0v) is 10.8. The second-order valence-electron chi connectivity index (χ2n) is 5.04. The Bertz CT molecular complexity index is 544. The summed E-state index contributed by atoms with van der Waals surface area (Å²) in [6.45, 7) is 0.469. The number of hydrogen-bond donors (Lipinski definition) is 1. The van der Waals surface area contributed by atoms with Crippen LogP contribution in [0.25, 0.3) is 0 Å². The van der Waals surface area contributed by atoms with Gasteiger partial charge >= 0.3 is 0 Å². The lowest BCUT2D eigenvalue weighted by Gasteiger charge is -2.15. The van der Waals surface area contributed by atoms with Gasteiger partial charge in [0.2, 0.25) is 5.95 Å². The number of benzene rings is 1. The number of nitrogens with zero attached hydrogens (tertiary/aromatic N) is 2. The molecule has 3 nitrogen and oxygen atoms in total. The van der Waals surface area contributed by atoms with Crippen molar-refractivity contribution in [2.45, 2.75) is 38.3 Å². The van der Waals surface area contributed by atoms with Crippen LogP contribution in [0.15, 0.2) is 36.7 Å². The summed E-state index contributed by atoms with van der Waals surface area (Å²) in [5.74, 6) is 0.670. The summed E-state index contributed by atoms with van der Waals surface area (Å²) in [7, 11) is 0. The van der Waals surface area contributed by atoms with Gasteiger partial charge in [0, 0.05) is 30.5 Å². The number of nitrogens with one attached hydrogen (secondary N) is 1. The molecule has 0 aliphatic heterocycles. The molecule has 1 heterocycles. The normalized spacial score (nSPS) is 15.8. The monoisotopic (exact) mass is 259 g/mol. The van der Waals surface area contributed by atoms with Crippen LogP contribution in [-0.4, -0.2) is 9.55 Å². The maximum atomic E-state index is 13.6. The lowest BCUT2D eigenvalue weighted by Crippen LogP contribution is -2.11. The summed E-state index contributed by atoms with van der Waals surface area (Å²) in [4.78, 5) is 4.33. The fraction of sp³-hybridized carbons (Fsp3) is 0.400. The molecular formula is C15H18FN3. The van der Waals surface area contributed by atoms with Crippen LogP contribution < -0.4 is 5.32 Å². The molecule has 3 rings (SSSR count). The van der Waals surface area contributed by atoms with Crippen LogP contribution in [0.4, 0.5) is 10.3 Å². The first-order valence-electron chi connectivity index (χ1n) is 6.85. The van der Waals surface area contributed by atoms with Gasteiger partial charge in [0.15, 0.2) is 0 Å². The Labute approximate surface area is 112 Å². The smallest absolute Gasteiger partial charge is 0.203 e. The largest absolute Gasteiger partial charge is 0.351 e. The van der Waals surface area contributed by atoms with Gasteiger partial charge in [-0.1, -0.05) is 31.0 Å². The van der Waals surface area contributed by atoms with E-state index in [2.05, 4.69) is 14.9 Å². The highest BCUT2D eigenvalue weighted by Gasteiger charge is 2.19. The van der Waals surface area contributed by atoms with E-state index in [0.29, 0.717) is 18.2 Å². The molecule has 0 spiro atoms. The molecule has 1 aliphatic carbocycles. The Morgan fingerprint density at radius 3 is 2.84 bits per heavy atom. The average Bonchev–Trinajstić information content (AvgIpc) is 3.08. The van der Waals surface area contributed by atoms with Gasteiger partial charge in [0.25, 0.3) is 0 Å². The van der Waals surface area contributed by atoms with Crippen molar-refractivity contribution in [1.82, 2.24) is 9.55 Å². The minimum Gasteiger partial charge on any atom is -0.351 e. The molecule has 0 radical (unpaired) electrons. The lowest BCUT2D eigenvalue weighted by molar-refractivity contribution is 0.522. The highest BCUT2D eigenvalue weighted by atomic mass is 19.1. The van der Waals surface area contributed by atoms with E-state index in [0.717, 1.165) is 5.95 Å². The molecule has 2 aromatic rings. The van der Waals surface area contributed by atoms with Crippen LogP contribution >= 0.6 is 0 Å². The van der Waals surface area contributed by atoms with E-state index >= 15 is 0 Å². The molecule has 1 aromatic heterocycles. The van der Waals surface area contributed by atoms with Crippen LogP contribution in [0.5, 0.6) is 0 Å². The van der Waals surface area contributed by atoms with Crippen LogP contribution in [0, 0.1) is 5.82 Å². The summed E-state index contributed by atoms with van der Waals surface area (Å²) in [6.07, 6.45) is 8.82. The van der Waals surface area contributed by atoms with E-state index in [9.17, 15) is 4.39 Å². The van der Waals surface area contributed by atoms with Gasteiger partial charge in [-0.25, -0.2) is 9.37 Å². The molecule has 1 N–H and O–H groups in total.